The highest BCUT2D eigenvalue weighted by Gasteiger charge is 2.11. The van der Waals surface area contributed by atoms with Gasteiger partial charge in [0.05, 0.1) is 18.8 Å². The van der Waals surface area contributed by atoms with E-state index in [-0.39, 0.29) is 12.1 Å². The van der Waals surface area contributed by atoms with Gasteiger partial charge < -0.3 is 9.47 Å². The van der Waals surface area contributed by atoms with Crippen molar-refractivity contribution >= 4 is 5.97 Å². The van der Waals surface area contributed by atoms with Crippen molar-refractivity contribution in [1.82, 2.24) is 0 Å². The Bertz CT molecular complexity index is 590. The van der Waals surface area contributed by atoms with Crippen molar-refractivity contribution in [2.45, 2.75) is 38.7 Å². The summed E-state index contributed by atoms with van der Waals surface area (Å²) in [5.74, 6) is 0.642. The molecule has 2 aromatic carbocycles. The summed E-state index contributed by atoms with van der Waals surface area (Å²) in [5, 5.41) is 0. The third-order valence-corrected chi connectivity index (χ3v) is 3.80. The van der Waals surface area contributed by atoms with E-state index >= 15 is 0 Å². The molecular weight excluding hydrogens is 288 g/mol. The fraction of sp³-hybridized carbons (Fsp3) is 0.350. The smallest absolute Gasteiger partial charge is 0.338 e. The van der Waals surface area contributed by atoms with Gasteiger partial charge >= 0.3 is 5.97 Å². The van der Waals surface area contributed by atoms with E-state index in [0.29, 0.717) is 5.56 Å². The first-order valence-corrected chi connectivity index (χ1v) is 8.08. The molecule has 0 aromatic heterocycles. The molecule has 0 saturated heterocycles. The summed E-state index contributed by atoms with van der Waals surface area (Å²) >= 11 is 0. The van der Waals surface area contributed by atoms with Gasteiger partial charge in [0.25, 0.3) is 0 Å². The molecule has 1 unspecified atom stereocenters. The minimum atomic E-state index is -0.242. The zero-order chi connectivity index (χ0) is 16.5. The summed E-state index contributed by atoms with van der Waals surface area (Å²) in [6, 6.07) is 17.3. The number of benzene rings is 2. The zero-order valence-electron chi connectivity index (χ0n) is 13.8. The molecule has 3 heteroatoms. The molecule has 0 saturated carbocycles. The molecular formula is C20H24O3. The van der Waals surface area contributed by atoms with Gasteiger partial charge in [-0.05, 0) is 62.4 Å². The molecule has 1 atom stereocenters. The predicted octanol–water partition coefficient (Wildman–Crippen LogP) is 4.65. The van der Waals surface area contributed by atoms with Gasteiger partial charge in [-0.25, -0.2) is 4.79 Å². The van der Waals surface area contributed by atoms with Gasteiger partial charge in [-0.3, -0.25) is 0 Å². The fourth-order valence-corrected chi connectivity index (χ4v) is 2.44. The number of ether oxygens (including phenoxy) is 2. The SMILES string of the molecule is COc1ccc(CCCCC(C)OC(=O)c2ccccc2)cc1. The first kappa shape index (κ1) is 17.1. The number of hydrogen-bond donors (Lipinski definition) is 0. The maximum atomic E-state index is 11.9. The molecule has 0 fully saturated rings. The molecule has 23 heavy (non-hydrogen) atoms. The summed E-state index contributed by atoms with van der Waals surface area (Å²) in [7, 11) is 1.67. The lowest BCUT2D eigenvalue weighted by Crippen LogP contribution is -2.15. The number of unbranched alkanes of at least 4 members (excludes halogenated alkanes) is 1. The van der Waals surface area contributed by atoms with Crippen molar-refractivity contribution in [1.29, 1.82) is 0 Å². The Hall–Kier alpha value is -2.29. The van der Waals surface area contributed by atoms with Crippen LogP contribution in [0.15, 0.2) is 54.6 Å². The van der Waals surface area contributed by atoms with E-state index in [4.69, 9.17) is 9.47 Å². The van der Waals surface area contributed by atoms with Crippen molar-refractivity contribution in [3.05, 3.63) is 65.7 Å². The van der Waals surface area contributed by atoms with E-state index < -0.39 is 0 Å². The van der Waals surface area contributed by atoms with Crippen LogP contribution in [-0.2, 0) is 11.2 Å². The molecule has 122 valence electrons. The maximum absolute atomic E-state index is 11.9. The number of methoxy groups -OCH3 is 1. The third kappa shape index (κ3) is 5.78. The number of aryl methyl sites for hydroxylation is 1. The molecule has 0 bridgehead atoms. The first-order chi connectivity index (χ1) is 11.2. The van der Waals surface area contributed by atoms with Crippen LogP contribution in [0.25, 0.3) is 0 Å². The molecule has 0 heterocycles. The van der Waals surface area contributed by atoms with Gasteiger partial charge in [0.2, 0.25) is 0 Å². The van der Waals surface area contributed by atoms with Crippen LogP contribution < -0.4 is 4.74 Å². The summed E-state index contributed by atoms with van der Waals surface area (Å²) in [4.78, 5) is 11.9. The maximum Gasteiger partial charge on any atom is 0.338 e. The molecule has 3 nitrogen and oxygen atoms in total. The minimum absolute atomic E-state index is 0.0569. The van der Waals surface area contributed by atoms with Gasteiger partial charge in [0.15, 0.2) is 0 Å². The highest BCUT2D eigenvalue weighted by Crippen LogP contribution is 2.15. The zero-order valence-corrected chi connectivity index (χ0v) is 13.8. The summed E-state index contributed by atoms with van der Waals surface area (Å²) in [5.41, 5.74) is 1.91. The van der Waals surface area contributed by atoms with E-state index in [1.54, 1.807) is 19.2 Å². The second-order valence-electron chi connectivity index (χ2n) is 5.68. The average molecular weight is 312 g/mol. The Morgan fingerprint density at radius 1 is 1.00 bits per heavy atom. The topological polar surface area (TPSA) is 35.5 Å². The fourth-order valence-electron chi connectivity index (χ4n) is 2.44. The Labute approximate surface area is 138 Å². The number of carbonyl (C=O) groups excluding carboxylic acids is 1. The van der Waals surface area contributed by atoms with Gasteiger partial charge in [0, 0.05) is 0 Å². The number of rotatable bonds is 8. The van der Waals surface area contributed by atoms with Crippen LogP contribution in [0.3, 0.4) is 0 Å². The lowest BCUT2D eigenvalue weighted by Gasteiger charge is -2.13. The average Bonchev–Trinajstić information content (AvgIpc) is 2.60. The molecule has 0 spiro atoms. The lowest BCUT2D eigenvalue weighted by atomic mass is 10.1. The highest BCUT2D eigenvalue weighted by molar-refractivity contribution is 5.89. The van der Waals surface area contributed by atoms with Crippen LogP contribution in [0.4, 0.5) is 0 Å². The second-order valence-corrected chi connectivity index (χ2v) is 5.68. The van der Waals surface area contributed by atoms with Crippen LogP contribution in [0.5, 0.6) is 5.75 Å². The van der Waals surface area contributed by atoms with Crippen LogP contribution in [0, 0.1) is 0 Å². The van der Waals surface area contributed by atoms with Gasteiger partial charge in [0.1, 0.15) is 5.75 Å². The predicted molar refractivity (Wildman–Crippen MR) is 91.9 cm³/mol. The molecule has 2 rings (SSSR count). The van der Waals surface area contributed by atoms with Crippen LogP contribution >= 0.6 is 0 Å². The number of esters is 1. The monoisotopic (exact) mass is 312 g/mol. The summed E-state index contributed by atoms with van der Waals surface area (Å²) < 4.78 is 10.6. The molecule has 2 aromatic rings. The minimum Gasteiger partial charge on any atom is -0.497 e. The van der Waals surface area contributed by atoms with Crippen molar-refractivity contribution in [2.24, 2.45) is 0 Å². The largest absolute Gasteiger partial charge is 0.497 e. The van der Waals surface area contributed by atoms with E-state index in [1.807, 2.05) is 37.3 Å². The number of hydrogen-bond acceptors (Lipinski definition) is 3. The first-order valence-electron chi connectivity index (χ1n) is 8.08. The van der Waals surface area contributed by atoms with E-state index in [2.05, 4.69) is 12.1 Å². The van der Waals surface area contributed by atoms with Gasteiger partial charge in [-0.2, -0.15) is 0 Å². The highest BCUT2D eigenvalue weighted by atomic mass is 16.5. The summed E-state index contributed by atoms with van der Waals surface area (Å²) in [6.07, 6.45) is 3.98. The van der Waals surface area contributed by atoms with Crippen molar-refractivity contribution in [3.63, 3.8) is 0 Å². The standard InChI is InChI=1S/C20H24O3/c1-16(23-20(21)18-10-4-3-5-11-18)8-6-7-9-17-12-14-19(22-2)15-13-17/h3-5,10-16H,6-9H2,1-2H3. The quantitative estimate of drug-likeness (QED) is 0.525. The van der Waals surface area contributed by atoms with E-state index in [0.717, 1.165) is 31.4 Å². The van der Waals surface area contributed by atoms with E-state index in [1.165, 1.54) is 5.56 Å². The Kier molecular flexibility index (Phi) is 6.67. The Balaban J connectivity index is 1.66. The van der Waals surface area contributed by atoms with E-state index in [9.17, 15) is 4.79 Å². The molecule has 0 aliphatic heterocycles. The van der Waals surface area contributed by atoms with Crippen LogP contribution in [0.1, 0.15) is 42.1 Å². The van der Waals surface area contributed by atoms with Gasteiger partial charge in [-0.15, -0.1) is 0 Å². The molecule has 0 amide bonds. The Morgan fingerprint density at radius 2 is 1.70 bits per heavy atom. The molecule has 0 radical (unpaired) electrons. The molecule has 0 aliphatic carbocycles. The van der Waals surface area contributed by atoms with Crippen molar-refractivity contribution in [2.75, 3.05) is 7.11 Å². The normalized spacial score (nSPS) is 11.7. The van der Waals surface area contributed by atoms with Crippen LogP contribution in [0.2, 0.25) is 0 Å². The summed E-state index contributed by atoms with van der Waals surface area (Å²) in [6.45, 7) is 1.95. The van der Waals surface area contributed by atoms with Crippen LogP contribution in [-0.4, -0.2) is 19.2 Å². The molecule has 0 aliphatic rings. The Morgan fingerprint density at radius 3 is 2.35 bits per heavy atom. The lowest BCUT2D eigenvalue weighted by molar-refractivity contribution is 0.0319. The second kappa shape index (κ2) is 8.99. The van der Waals surface area contributed by atoms with Crippen molar-refractivity contribution < 1.29 is 14.3 Å². The van der Waals surface area contributed by atoms with Gasteiger partial charge in [-0.1, -0.05) is 30.3 Å². The molecule has 0 N–H and O–H groups in total. The van der Waals surface area contributed by atoms with Crippen molar-refractivity contribution in [3.8, 4) is 5.75 Å². The number of carbonyl (C=O) groups is 1. The third-order valence-electron chi connectivity index (χ3n) is 3.80.